The summed E-state index contributed by atoms with van der Waals surface area (Å²) in [6.45, 7) is 8.14. The van der Waals surface area contributed by atoms with Crippen LogP contribution in [0.15, 0.2) is 36.7 Å². The molecule has 0 aliphatic carbocycles. The fourth-order valence-electron chi connectivity index (χ4n) is 3.64. The zero-order valence-corrected chi connectivity index (χ0v) is 24.3. The van der Waals surface area contributed by atoms with Gasteiger partial charge in [0.15, 0.2) is 11.6 Å². The molecule has 0 spiro atoms. The first-order chi connectivity index (χ1) is 18.1. The number of thiophene rings is 1. The quantitative estimate of drug-likeness (QED) is 0.398. The molecule has 0 unspecified atom stereocenters. The monoisotopic (exact) mass is 593 g/mol. The fourth-order valence-corrected chi connectivity index (χ4v) is 5.33. The molecule has 0 atom stereocenters. The van der Waals surface area contributed by atoms with Crippen LogP contribution in [0.25, 0.3) is 11.4 Å². The van der Waals surface area contributed by atoms with E-state index in [1.165, 1.54) is 29.5 Å². The Labute approximate surface area is 235 Å². The maximum Gasteiger partial charge on any atom is 0.410 e. The Balaban J connectivity index is 1.37. The number of carbonyl (C=O) groups is 2. The highest BCUT2D eigenvalue weighted by Crippen LogP contribution is 2.31. The van der Waals surface area contributed by atoms with Gasteiger partial charge >= 0.3 is 6.09 Å². The molecule has 0 bridgehead atoms. The van der Waals surface area contributed by atoms with Crippen molar-refractivity contribution in [1.29, 1.82) is 0 Å². The first kappa shape index (κ1) is 28.6. The van der Waals surface area contributed by atoms with Crippen molar-refractivity contribution in [3.8, 4) is 17.1 Å². The van der Waals surface area contributed by atoms with E-state index in [4.69, 9.17) is 21.1 Å². The van der Waals surface area contributed by atoms with E-state index in [1.54, 1.807) is 23.4 Å². The molecule has 0 saturated carbocycles. The van der Waals surface area contributed by atoms with Crippen LogP contribution in [0.2, 0.25) is 5.02 Å². The van der Waals surface area contributed by atoms with Gasteiger partial charge in [-0.15, -0.1) is 11.3 Å². The van der Waals surface area contributed by atoms with Crippen LogP contribution in [-0.4, -0.2) is 66.3 Å². The molecular weight excluding hydrogens is 566 g/mol. The highest BCUT2D eigenvalue weighted by atomic mass is 35.5. The van der Waals surface area contributed by atoms with E-state index in [1.807, 2.05) is 27.7 Å². The summed E-state index contributed by atoms with van der Waals surface area (Å²) in [7, 11) is -3.51. The summed E-state index contributed by atoms with van der Waals surface area (Å²) >= 11 is 7.36. The molecular formula is C25H28ClN5O6S2. The SMILES string of the molecule is Cc1sc(C(=O)Nc2cc(Cl)cc(NS(C)(=O)=O)c2)cc1-c1ncc(OC2CN(C(=O)OC(C)(C)C)C2)cn1. The summed E-state index contributed by atoms with van der Waals surface area (Å²) in [5.74, 6) is 0.515. The Bertz CT molecular complexity index is 1500. The van der Waals surface area contributed by atoms with Crippen molar-refractivity contribution < 1.29 is 27.5 Å². The van der Waals surface area contributed by atoms with Gasteiger partial charge in [-0.1, -0.05) is 11.6 Å². The minimum atomic E-state index is -3.51. The molecule has 39 heavy (non-hydrogen) atoms. The average molecular weight is 594 g/mol. The lowest BCUT2D eigenvalue weighted by atomic mass is 10.1. The number of likely N-dealkylation sites (tertiary alicyclic amines) is 1. The second kappa shape index (κ2) is 11.0. The molecule has 1 aromatic carbocycles. The summed E-state index contributed by atoms with van der Waals surface area (Å²) in [4.78, 5) is 36.6. The number of rotatable bonds is 7. The molecule has 14 heteroatoms. The lowest BCUT2D eigenvalue weighted by molar-refractivity contribution is -0.0223. The number of hydrogen-bond acceptors (Lipinski definition) is 9. The van der Waals surface area contributed by atoms with Crippen molar-refractivity contribution in [2.24, 2.45) is 0 Å². The number of nitrogens with one attached hydrogen (secondary N) is 2. The molecule has 2 aromatic heterocycles. The van der Waals surface area contributed by atoms with Gasteiger partial charge in [0.1, 0.15) is 11.7 Å². The molecule has 0 radical (unpaired) electrons. The van der Waals surface area contributed by atoms with Gasteiger partial charge in [-0.3, -0.25) is 9.52 Å². The maximum absolute atomic E-state index is 12.9. The number of sulfonamides is 1. The second-order valence-electron chi connectivity index (χ2n) is 10.0. The van der Waals surface area contributed by atoms with Crippen molar-refractivity contribution in [2.75, 3.05) is 29.4 Å². The summed E-state index contributed by atoms with van der Waals surface area (Å²) < 4.78 is 36.6. The summed E-state index contributed by atoms with van der Waals surface area (Å²) in [6, 6.07) is 6.13. The Morgan fingerprint density at radius 1 is 1.10 bits per heavy atom. The van der Waals surface area contributed by atoms with Crippen molar-refractivity contribution in [2.45, 2.75) is 39.4 Å². The predicted octanol–water partition coefficient (Wildman–Crippen LogP) is 4.79. The first-order valence-corrected chi connectivity index (χ1v) is 14.9. The highest BCUT2D eigenvalue weighted by Gasteiger charge is 2.35. The van der Waals surface area contributed by atoms with Gasteiger partial charge in [-0.2, -0.15) is 0 Å². The topological polar surface area (TPSA) is 140 Å². The van der Waals surface area contributed by atoms with Crippen LogP contribution in [0, 0.1) is 6.92 Å². The summed E-state index contributed by atoms with van der Waals surface area (Å²) in [5, 5.41) is 3.00. The second-order valence-corrected chi connectivity index (χ2v) is 13.4. The zero-order valence-electron chi connectivity index (χ0n) is 21.9. The summed E-state index contributed by atoms with van der Waals surface area (Å²) in [6.07, 6.45) is 3.58. The van der Waals surface area contributed by atoms with Crippen LogP contribution in [0.4, 0.5) is 16.2 Å². The van der Waals surface area contributed by atoms with Gasteiger partial charge in [0.2, 0.25) is 10.0 Å². The van der Waals surface area contributed by atoms with E-state index >= 15 is 0 Å². The third-order valence-corrected chi connectivity index (χ3v) is 7.15. The number of carbonyl (C=O) groups excluding carboxylic acids is 2. The van der Waals surface area contributed by atoms with Crippen molar-refractivity contribution >= 4 is 56.3 Å². The number of aryl methyl sites for hydroxylation is 1. The molecule has 1 aliphatic rings. The molecule has 1 fully saturated rings. The van der Waals surface area contributed by atoms with Gasteiger partial charge < -0.3 is 19.7 Å². The van der Waals surface area contributed by atoms with E-state index in [0.29, 0.717) is 40.8 Å². The number of nitrogens with zero attached hydrogens (tertiary/aromatic N) is 3. The number of halogens is 1. The van der Waals surface area contributed by atoms with Crippen LogP contribution in [0.5, 0.6) is 5.75 Å². The molecule has 11 nitrogen and oxygen atoms in total. The largest absolute Gasteiger partial charge is 0.483 e. The van der Waals surface area contributed by atoms with Crippen LogP contribution < -0.4 is 14.8 Å². The van der Waals surface area contributed by atoms with E-state index in [9.17, 15) is 18.0 Å². The molecule has 1 aliphatic heterocycles. The number of hydrogen-bond donors (Lipinski definition) is 2. The average Bonchev–Trinajstić information content (AvgIpc) is 3.15. The third-order valence-electron chi connectivity index (χ3n) is 5.27. The number of ether oxygens (including phenoxy) is 2. The molecule has 3 heterocycles. The van der Waals surface area contributed by atoms with Crippen molar-refractivity contribution in [3.05, 3.63) is 51.4 Å². The third kappa shape index (κ3) is 7.80. The Morgan fingerprint density at radius 2 is 1.74 bits per heavy atom. The number of aromatic nitrogens is 2. The number of anilines is 2. The number of benzene rings is 1. The Morgan fingerprint density at radius 3 is 2.36 bits per heavy atom. The standard InChI is InChI=1S/C25H28ClN5O6S2/c1-14-20(9-21(38-14)23(32)29-16-6-15(26)7-17(8-16)30-39(5,34)35)22-27-10-18(11-28-22)36-19-12-31(13-19)24(33)37-25(2,3)4/h6-11,19,30H,12-13H2,1-5H3,(H,29,32). The zero-order chi connectivity index (χ0) is 28.5. The van der Waals surface area contributed by atoms with E-state index in [0.717, 1.165) is 11.1 Å². The summed E-state index contributed by atoms with van der Waals surface area (Å²) in [5.41, 5.74) is 0.717. The van der Waals surface area contributed by atoms with Crippen molar-refractivity contribution in [3.63, 3.8) is 0 Å². The Hall–Kier alpha value is -3.42. The molecule has 4 rings (SSSR count). The van der Waals surface area contributed by atoms with Gasteiger partial charge in [0.05, 0.1) is 42.3 Å². The van der Waals surface area contributed by atoms with E-state index in [-0.39, 0.29) is 28.8 Å². The minimum absolute atomic E-state index is 0.176. The van der Waals surface area contributed by atoms with E-state index in [2.05, 4.69) is 20.0 Å². The van der Waals surface area contributed by atoms with Gasteiger partial charge in [-0.25, -0.2) is 23.2 Å². The maximum atomic E-state index is 12.9. The first-order valence-electron chi connectivity index (χ1n) is 11.8. The van der Waals surface area contributed by atoms with Gasteiger partial charge in [-0.05, 0) is 52.0 Å². The predicted molar refractivity (Wildman–Crippen MR) is 150 cm³/mol. The lowest BCUT2D eigenvalue weighted by Crippen LogP contribution is -2.57. The lowest BCUT2D eigenvalue weighted by Gasteiger charge is -2.39. The highest BCUT2D eigenvalue weighted by molar-refractivity contribution is 7.92. The van der Waals surface area contributed by atoms with Crippen LogP contribution in [0.3, 0.4) is 0 Å². The molecule has 208 valence electrons. The van der Waals surface area contributed by atoms with Crippen molar-refractivity contribution in [1.82, 2.24) is 14.9 Å². The Kier molecular flexibility index (Phi) is 8.05. The van der Waals surface area contributed by atoms with Gasteiger partial charge in [0.25, 0.3) is 5.91 Å². The fraction of sp³-hybridized carbons (Fsp3) is 0.360. The molecule has 2 amide bonds. The smallest absolute Gasteiger partial charge is 0.410 e. The molecule has 1 saturated heterocycles. The molecule has 2 N–H and O–H groups in total. The van der Waals surface area contributed by atoms with Gasteiger partial charge in [0, 0.05) is 21.2 Å². The molecule has 3 aromatic rings. The van der Waals surface area contributed by atoms with E-state index < -0.39 is 15.6 Å². The minimum Gasteiger partial charge on any atom is -0.483 e. The number of amides is 2. The van der Waals surface area contributed by atoms with Crippen LogP contribution in [-0.2, 0) is 14.8 Å². The normalized spacial score (nSPS) is 13.9. The van der Waals surface area contributed by atoms with Crippen LogP contribution in [0.1, 0.15) is 35.3 Å². The van der Waals surface area contributed by atoms with Crippen LogP contribution >= 0.6 is 22.9 Å².